The quantitative estimate of drug-likeness (QED) is 0.855. The van der Waals surface area contributed by atoms with Crippen molar-refractivity contribution in [2.24, 2.45) is 0 Å². The molecule has 1 aromatic rings. The number of amides is 1. The summed E-state index contributed by atoms with van der Waals surface area (Å²) in [7, 11) is 0. The van der Waals surface area contributed by atoms with Gasteiger partial charge in [-0.3, -0.25) is 9.69 Å². The molecular weight excluding hydrogens is 228 g/mol. The highest BCUT2D eigenvalue weighted by molar-refractivity contribution is 5.73. The first-order valence-corrected chi connectivity index (χ1v) is 6.36. The summed E-state index contributed by atoms with van der Waals surface area (Å²) in [6.45, 7) is 5.60. The zero-order valence-corrected chi connectivity index (χ0v) is 10.9. The van der Waals surface area contributed by atoms with Crippen LogP contribution in [-0.4, -0.2) is 35.0 Å². The number of benzene rings is 1. The van der Waals surface area contributed by atoms with Crippen molar-refractivity contribution in [3.63, 3.8) is 0 Å². The monoisotopic (exact) mass is 248 g/mol. The molecule has 0 saturated carbocycles. The number of nitrogens with one attached hydrogen (secondary N) is 1. The molecule has 1 heterocycles. The molecule has 1 fully saturated rings. The Bertz CT molecular complexity index is 416. The fraction of sp³-hybridized carbons (Fsp3) is 0.500. The molecule has 98 valence electrons. The van der Waals surface area contributed by atoms with Gasteiger partial charge in [-0.25, -0.2) is 0 Å². The Labute approximate surface area is 108 Å². The van der Waals surface area contributed by atoms with Crippen LogP contribution >= 0.6 is 0 Å². The van der Waals surface area contributed by atoms with Crippen molar-refractivity contribution >= 4 is 5.91 Å². The second-order valence-electron chi connectivity index (χ2n) is 4.95. The van der Waals surface area contributed by atoms with Crippen LogP contribution in [0.4, 0.5) is 0 Å². The summed E-state index contributed by atoms with van der Waals surface area (Å²) >= 11 is 0. The van der Waals surface area contributed by atoms with Crippen molar-refractivity contribution in [2.45, 2.75) is 32.4 Å². The molecule has 0 aliphatic carbocycles. The fourth-order valence-electron chi connectivity index (χ4n) is 2.51. The number of rotatable bonds is 3. The Morgan fingerprint density at radius 3 is 2.72 bits per heavy atom. The Kier molecular flexibility index (Phi) is 3.87. The largest absolute Gasteiger partial charge is 0.508 e. The number of nitrogens with zero attached hydrogens (tertiary/aromatic N) is 1. The predicted octanol–water partition coefficient (Wildman–Crippen LogP) is 1.66. The molecule has 0 spiro atoms. The SMILES string of the molecule is CC(=O)NC1CCN(C(C)c2ccc(O)cc2)C1. The van der Waals surface area contributed by atoms with Crippen LogP contribution in [-0.2, 0) is 4.79 Å². The highest BCUT2D eigenvalue weighted by Gasteiger charge is 2.26. The van der Waals surface area contributed by atoms with Crippen molar-refractivity contribution in [2.75, 3.05) is 13.1 Å². The topological polar surface area (TPSA) is 52.6 Å². The Hall–Kier alpha value is -1.55. The Balaban J connectivity index is 1.96. The summed E-state index contributed by atoms with van der Waals surface area (Å²) < 4.78 is 0. The van der Waals surface area contributed by atoms with Gasteiger partial charge in [0, 0.05) is 32.1 Å². The van der Waals surface area contributed by atoms with Crippen molar-refractivity contribution in [3.8, 4) is 5.75 Å². The maximum Gasteiger partial charge on any atom is 0.217 e. The van der Waals surface area contributed by atoms with Crippen LogP contribution in [0, 0.1) is 0 Å². The van der Waals surface area contributed by atoms with Gasteiger partial charge in [-0.05, 0) is 31.0 Å². The first kappa shape index (κ1) is 12.9. The average Bonchev–Trinajstić information content (AvgIpc) is 2.76. The van der Waals surface area contributed by atoms with Crippen molar-refractivity contribution in [1.29, 1.82) is 0 Å². The van der Waals surface area contributed by atoms with Crippen LogP contribution in [0.15, 0.2) is 24.3 Å². The fourth-order valence-corrected chi connectivity index (χ4v) is 2.51. The first-order chi connectivity index (χ1) is 8.56. The molecule has 1 aromatic carbocycles. The summed E-state index contributed by atoms with van der Waals surface area (Å²) in [6, 6.07) is 7.91. The molecule has 18 heavy (non-hydrogen) atoms. The van der Waals surface area contributed by atoms with Gasteiger partial charge >= 0.3 is 0 Å². The van der Waals surface area contributed by atoms with E-state index in [1.54, 1.807) is 19.1 Å². The molecule has 1 amide bonds. The molecule has 1 aliphatic heterocycles. The molecule has 2 atom stereocenters. The lowest BCUT2D eigenvalue weighted by molar-refractivity contribution is -0.119. The highest BCUT2D eigenvalue weighted by Crippen LogP contribution is 2.25. The van der Waals surface area contributed by atoms with Gasteiger partial charge in [0.2, 0.25) is 5.91 Å². The van der Waals surface area contributed by atoms with Crippen molar-refractivity contribution in [3.05, 3.63) is 29.8 Å². The number of hydrogen-bond acceptors (Lipinski definition) is 3. The molecule has 0 bridgehead atoms. The number of hydrogen-bond donors (Lipinski definition) is 2. The van der Waals surface area contributed by atoms with Crippen molar-refractivity contribution < 1.29 is 9.90 Å². The van der Waals surface area contributed by atoms with E-state index in [1.807, 2.05) is 12.1 Å². The van der Waals surface area contributed by atoms with E-state index in [-0.39, 0.29) is 11.9 Å². The average molecular weight is 248 g/mol. The maximum atomic E-state index is 11.0. The summed E-state index contributed by atoms with van der Waals surface area (Å²) in [5.41, 5.74) is 1.19. The number of carbonyl (C=O) groups is 1. The van der Waals surface area contributed by atoms with Gasteiger partial charge < -0.3 is 10.4 Å². The van der Waals surface area contributed by atoms with E-state index in [4.69, 9.17) is 0 Å². The van der Waals surface area contributed by atoms with Crippen LogP contribution in [0.2, 0.25) is 0 Å². The predicted molar refractivity (Wildman–Crippen MR) is 70.3 cm³/mol. The van der Waals surface area contributed by atoms with Crippen molar-refractivity contribution in [1.82, 2.24) is 10.2 Å². The van der Waals surface area contributed by atoms with Gasteiger partial charge in [0.15, 0.2) is 0 Å². The lowest BCUT2D eigenvalue weighted by atomic mass is 10.1. The molecule has 2 unspecified atom stereocenters. The van der Waals surface area contributed by atoms with Crippen LogP contribution < -0.4 is 5.32 Å². The Morgan fingerprint density at radius 2 is 2.11 bits per heavy atom. The van der Waals surface area contributed by atoms with Gasteiger partial charge in [0.25, 0.3) is 0 Å². The lowest BCUT2D eigenvalue weighted by Gasteiger charge is -2.24. The molecule has 1 aliphatic rings. The molecule has 2 rings (SSSR count). The van der Waals surface area contributed by atoms with Crippen LogP contribution in [0.25, 0.3) is 0 Å². The lowest BCUT2D eigenvalue weighted by Crippen LogP contribution is -2.36. The van der Waals surface area contributed by atoms with E-state index >= 15 is 0 Å². The highest BCUT2D eigenvalue weighted by atomic mass is 16.3. The third kappa shape index (κ3) is 3.01. The van der Waals surface area contributed by atoms with Crippen LogP contribution in [0.3, 0.4) is 0 Å². The number of carbonyl (C=O) groups excluding carboxylic acids is 1. The zero-order chi connectivity index (χ0) is 13.1. The minimum atomic E-state index is 0.0409. The van der Waals surface area contributed by atoms with Crippen LogP contribution in [0.1, 0.15) is 31.9 Å². The molecule has 0 aromatic heterocycles. The molecule has 1 saturated heterocycles. The summed E-state index contributed by atoms with van der Waals surface area (Å²) in [4.78, 5) is 13.4. The first-order valence-electron chi connectivity index (χ1n) is 6.36. The van der Waals surface area contributed by atoms with E-state index in [0.717, 1.165) is 19.5 Å². The normalized spacial score (nSPS) is 21.8. The summed E-state index contributed by atoms with van der Waals surface area (Å²) in [5, 5.41) is 12.3. The number of aromatic hydroxyl groups is 1. The Morgan fingerprint density at radius 1 is 1.44 bits per heavy atom. The van der Waals surface area contributed by atoms with Gasteiger partial charge in [-0.2, -0.15) is 0 Å². The van der Waals surface area contributed by atoms with E-state index < -0.39 is 0 Å². The summed E-state index contributed by atoms with van der Waals surface area (Å²) in [5.74, 6) is 0.336. The second-order valence-corrected chi connectivity index (χ2v) is 4.95. The molecule has 4 nitrogen and oxygen atoms in total. The molecular formula is C14H20N2O2. The number of phenolic OH excluding ortho intramolecular Hbond substituents is 1. The second kappa shape index (κ2) is 5.40. The third-order valence-electron chi connectivity index (χ3n) is 3.55. The molecule has 2 N–H and O–H groups in total. The molecule has 4 heteroatoms. The number of likely N-dealkylation sites (tertiary alicyclic amines) is 1. The molecule has 0 radical (unpaired) electrons. The smallest absolute Gasteiger partial charge is 0.217 e. The van der Waals surface area contributed by atoms with E-state index in [0.29, 0.717) is 11.8 Å². The van der Waals surface area contributed by atoms with E-state index in [9.17, 15) is 9.90 Å². The van der Waals surface area contributed by atoms with E-state index in [2.05, 4.69) is 17.1 Å². The third-order valence-corrected chi connectivity index (χ3v) is 3.55. The minimum absolute atomic E-state index is 0.0409. The van der Waals surface area contributed by atoms with Gasteiger partial charge in [0.05, 0.1) is 0 Å². The van der Waals surface area contributed by atoms with Gasteiger partial charge in [-0.1, -0.05) is 12.1 Å². The van der Waals surface area contributed by atoms with Gasteiger partial charge in [0.1, 0.15) is 5.75 Å². The standard InChI is InChI=1S/C14H20N2O2/c1-10(12-3-5-14(18)6-4-12)16-8-7-13(9-16)15-11(2)17/h3-6,10,13,18H,7-9H2,1-2H3,(H,15,17). The number of phenols is 1. The zero-order valence-electron chi connectivity index (χ0n) is 10.9. The summed E-state index contributed by atoms with van der Waals surface area (Å²) in [6.07, 6.45) is 1.00. The van der Waals surface area contributed by atoms with Crippen LogP contribution in [0.5, 0.6) is 5.75 Å². The maximum absolute atomic E-state index is 11.0. The van der Waals surface area contributed by atoms with E-state index in [1.165, 1.54) is 5.56 Å². The van der Waals surface area contributed by atoms with Gasteiger partial charge in [-0.15, -0.1) is 0 Å². The minimum Gasteiger partial charge on any atom is -0.508 e.